The topological polar surface area (TPSA) is 73.9 Å². The number of aryl methyl sites for hydroxylation is 1. The number of fused-ring (bicyclic) bond motifs is 2. The lowest BCUT2D eigenvalue weighted by molar-refractivity contribution is 0.0601. The number of amides is 1. The predicted octanol–water partition coefficient (Wildman–Crippen LogP) is 3.78. The first-order chi connectivity index (χ1) is 12.7. The molecular formula is C19H19NO5S. The molecule has 0 bridgehead atoms. The van der Waals surface area contributed by atoms with Gasteiger partial charge >= 0.3 is 5.97 Å². The first-order valence-corrected chi connectivity index (χ1v) is 9.43. The Hall–Kier alpha value is -2.54. The fourth-order valence-corrected chi connectivity index (χ4v) is 4.70. The van der Waals surface area contributed by atoms with Gasteiger partial charge in [-0.1, -0.05) is 12.5 Å². The van der Waals surface area contributed by atoms with E-state index in [0.29, 0.717) is 27.6 Å². The summed E-state index contributed by atoms with van der Waals surface area (Å²) >= 11 is 1.47. The number of anilines is 1. The molecule has 2 aliphatic rings. The van der Waals surface area contributed by atoms with E-state index in [2.05, 4.69) is 5.32 Å². The van der Waals surface area contributed by atoms with Crippen molar-refractivity contribution in [2.45, 2.75) is 32.1 Å². The molecule has 136 valence electrons. The number of methoxy groups -OCH3 is 1. The zero-order chi connectivity index (χ0) is 18.1. The Balaban J connectivity index is 1.69. The summed E-state index contributed by atoms with van der Waals surface area (Å²) in [6.45, 7) is 0.0976. The largest absolute Gasteiger partial charge is 0.465 e. The second kappa shape index (κ2) is 6.99. The van der Waals surface area contributed by atoms with E-state index in [1.165, 1.54) is 18.4 Å². The van der Waals surface area contributed by atoms with Crippen molar-refractivity contribution < 1.29 is 23.8 Å². The number of thiophene rings is 1. The average molecular weight is 373 g/mol. The highest BCUT2D eigenvalue weighted by Gasteiger charge is 2.28. The third kappa shape index (κ3) is 2.92. The summed E-state index contributed by atoms with van der Waals surface area (Å²) in [5, 5.41) is 3.44. The van der Waals surface area contributed by atoms with Gasteiger partial charge in [-0.25, -0.2) is 4.79 Å². The summed E-state index contributed by atoms with van der Waals surface area (Å²) in [7, 11) is 1.37. The van der Waals surface area contributed by atoms with Gasteiger partial charge in [0.1, 0.15) is 5.00 Å². The quantitative estimate of drug-likeness (QED) is 0.655. The van der Waals surface area contributed by atoms with Gasteiger partial charge in [-0.2, -0.15) is 0 Å². The molecule has 2 aromatic rings. The van der Waals surface area contributed by atoms with E-state index in [9.17, 15) is 9.59 Å². The predicted molar refractivity (Wildman–Crippen MR) is 97.4 cm³/mol. The molecule has 7 heteroatoms. The van der Waals surface area contributed by atoms with Crippen molar-refractivity contribution in [1.29, 1.82) is 0 Å². The standard InChI is InChI=1S/C19H19NO5S/c1-23-19(22)15-11-6-3-2-4-9-14(11)26-18(15)20-17(21)12-7-5-8-13-16(12)25-10-24-13/h5,7-8H,2-4,6,9-10H2,1H3,(H,20,21). The molecule has 26 heavy (non-hydrogen) atoms. The maximum Gasteiger partial charge on any atom is 0.341 e. The summed E-state index contributed by atoms with van der Waals surface area (Å²) in [6, 6.07) is 5.18. The van der Waals surface area contributed by atoms with E-state index in [0.717, 1.165) is 42.5 Å². The van der Waals surface area contributed by atoms with Crippen molar-refractivity contribution in [3.8, 4) is 11.5 Å². The molecule has 2 heterocycles. The van der Waals surface area contributed by atoms with Gasteiger partial charge in [0, 0.05) is 4.88 Å². The Kier molecular flexibility index (Phi) is 4.55. The number of carbonyl (C=O) groups is 2. The molecule has 1 aromatic carbocycles. The Bertz CT molecular complexity index is 873. The molecule has 1 aromatic heterocycles. The van der Waals surface area contributed by atoms with Gasteiger partial charge < -0.3 is 19.5 Å². The maximum absolute atomic E-state index is 12.8. The number of hydrogen-bond donors (Lipinski definition) is 1. The van der Waals surface area contributed by atoms with Gasteiger partial charge in [-0.3, -0.25) is 4.79 Å². The Morgan fingerprint density at radius 3 is 2.85 bits per heavy atom. The van der Waals surface area contributed by atoms with Gasteiger partial charge in [0.15, 0.2) is 11.5 Å². The minimum Gasteiger partial charge on any atom is -0.465 e. The smallest absolute Gasteiger partial charge is 0.341 e. The minimum absolute atomic E-state index is 0.0976. The van der Waals surface area contributed by atoms with Crippen LogP contribution >= 0.6 is 11.3 Å². The lowest BCUT2D eigenvalue weighted by atomic mass is 10.1. The Morgan fingerprint density at radius 1 is 1.15 bits per heavy atom. The SMILES string of the molecule is COC(=O)c1c(NC(=O)c2cccc3c2OCO3)sc2c1CCCCC2. The fourth-order valence-electron chi connectivity index (χ4n) is 3.43. The van der Waals surface area contributed by atoms with Crippen LogP contribution in [0.3, 0.4) is 0 Å². The fraction of sp³-hybridized carbons (Fsp3) is 0.368. The number of rotatable bonds is 3. The lowest BCUT2D eigenvalue weighted by Gasteiger charge is -2.09. The van der Waals surface area contributed by atoms with Crippen LogP contribution in [0.4, 0.5) is 5.00 Å². The van der Waals surface area contributed by atoms with Gasteiger partial charge in [-0.05, 0) is 43.4 Å². The zero-order valence-electron chi connectivity index (χ0n) is 14.4. The Morgan fingerprint density at radius 2 is 2.00 bits per heavy atom. The van der Waals surface area contributed by atoms with Crippen LogP contribution in [0.5, 0.6) is 11.5 Å². The van der Waals surface area contributed by atoms with Gasteiger partial charge in [-0.15, -0.1) is 11.3 Å². The van der Waals surface area contributed by atoms with Crippen LogP contribution in [0.1, 0.15) is 50.4 Å². The minimum atomic E-state index is -0.405. The van der Waals surface area contributed by atoms with E-state index in [-0.39, 0.29) is 12.7 Å². The van der Waals surface area contributed by atoms with Crippen LogP contribution in [0, 0.1) is 0 Å². The maximum atomic E-state index is 12.8. The van der Waals surface area contributed by atoms with Crippen molar-refractivity contribution in [3.05, 3.63) is 39.8 Å². The molecule has 1 N–H and O–H groups in total. The third-order valence-corrected chi connectivity index (χ3v) is 5.89. The van der Waals surface area contributed by atoms with Crippen molar-refractivity contribution in [2.24, 2.45) is 0 Å². The average Bonchev–Trinajstić information content (AvgIpc) is 3.19. The molecule has 0 saturated carbocycles. The molecule has 1 aliphatic carbocycles. The van der Waals surface area contributed by atoms with Crippen LogP contribution in [0.2, 0.25) is 0 Å². The number of ether oxygens (including phenoxy) is 3. The Labute approximate surface area is 155 Å². The van der Waals surface area contributed by atoms with Crippen molar-refractivity contribution in [2.75, 3.05) is 19.2 Å². The molecular weight excluding hydrogens is 354 g/mol. The summed E-state index contributed by atoms with van der Waals surface area (Å²) in [4.78, 5) is 26.4. The highest BCUT2D eigenvalue weighted by molar-refractivity contribution is 7.17. The number of hydrogen-bond acceptors (Lipinski definition) is 6. The monoisotopic (exact) mass is 373 g/mol. The molecule has 0 fully saturated rings. The molecule has 6 nitrogen and oxygen atoms in total. The molecule has 4 rings (SSSR count). The number of benzene rings is 1. The summed E-state index contributed by atoms with van der Waals surface area (Å²) in [6.07, 6.45) is 5.05. The first-order valence-electron chi connectivity index (χ1n) is 8.62. The van der Waals surface area contributed by atoms with Crippen LogP contribution < -0.4 is 14.8 Å². The molecule has 0 saturated heterocycles. The van der Waals surface area contributed by atoms with Crippen LogP contribution in [-0.2, 0) is 17.6 Å². The molecule has 1 amide bonds. The van der Waals surface area contributed by atoms with Crippen LogP contribution in [-0.4, -0.2) is 25.8 Å². The molecule has 0 radical (unpaired) electrons. The van der Waals surface area contributed by atoms with E-state index >= 15 is 0 Å². The highest BCUT2D eigenvalue weighted by atomic mass is 32.1. The van der Waals surface area contributed by atoms with E-state index in [1.54, 1.807) is 18.2 Å². The number of para-hydroxylation sites is 1. The summed E-state index contributed by atoms with van der Waals surface area (Å²) in [5.41, 5.74) is 1.90. The molecule has 0 unspecified atom stereocenters. The van der Waals surface area contributed by atoms with E-state index < -0.39 is 5.97 Å². The van der Waals surface area contributed by atoms with Gasteiger partial charge in [0.25, 0.3) is 5.91 Å². The van der Waals surface area contributed by atoms with Gasteiger partial charge in [0.05, 0.1) is 18.2 Å². The third-order valence-electron chi connectivity index (χ3n) is 4.68. The number of esters is 1. The lowest BCUT2D eigenvalue weighted by Crippen LogP contribution is -2.15. The first kappa shape index (κ1) is 16.9. The summed E-state index contributed by atoms with van der Waals surface area (Å²) in [5.74, 6) is 0.252. The molecule has 0 spiro atoms. The molecule has 0 atom stereocenters. The number of carbonyl (C=O) groups excluding carboxylic acids is 2. The second-order valence-corrected chi connectivity index (χ2v) is 7.36. The number of nitrogens with one attached hydrogen (secondary N) is 1. The summed E-state index contributed by atoms with van der Waals surface area (Å²) < 4.78 is 15.7. The zero-order valence-corrected chi connectivity index (χ0v) is 15.2. The van der Waals surface area contributed by atoms with E-state index in [1.807, 2.05) is 0 Å². The van der Waals surface area contributed by atoms with Crippen molar-refractivity contribution in [3.63, 3.8) is 0 Å². The molecule has 1 aliphatic heterocycles. The van der Waals surface area contributed by atoms with Crippen LogP contribution in [0.25, 0.3) is 0 Å². The normalized spacial score (nSPS) is 15.1. The van der Waals surface area contributed by atoms with Crippen molar-refractivity contribution >= 4 is 28.2 Å². The van der Waals surface area contributed by atoms with Crippen LogP contribution in [0.15, 0.2) is 18.2 Å². The second-order valence-electron chi connectivity index (χ2n) is 6.25. The van der Waals surface area contributed by atoms with E-state index in [4.69, 9.17) is 14.2 Å². The van der Waals surface area contributed by atoms with Crippen molar-refractivity contribution in [1.82, 2.24) is 0 Å². The van der Waals surface area contributed by atoms with Gasteiger partial charge in [0.2, 0.25) is 6.79 Å². The highest BCUT2D eigenvalue weighted by Crippen LogP contribution is 2.40.